The SMILES string of the molecule is COCC(C)(F)OCC(F)(F)S(=O)(=O)O. The monoisotopic (exact) mass is 252 g/mol. The Hall–Kier alpha value is -0.380. The van der Waals surface area contributed by atoms with Gasteiger partial charge in [-0.15, -0.1) is 0 Å². The van der Waals surface area contributed by atoms with Gasteiger partial charge in [0.1, 0.15) is 13.2 Å². The fourth-order valence-electron chi connectivity index (χ4n) is 0.608. The highest BCUT2D eigenvalue weighted by atomic mass is 32.2. The molecule has 0 fully saturated rings. The Balaban J connectivity index is 4.40. The van der Waals surface area contributed by atoms with Crippen LogP contribution in [0.25, 0.3) is 0 Å². The van der Waals surface area contributed by atoms with Gasteiger partial charge in [0.2, 0.25) is 5.85 Å². The molecule has 0 radical (unpaired) electrons. The molecule has 0 saturated heterocycles. The molecule has 5 nitrogen and oxygen atoms in total. The lowest BCUT2D eigenvalue weighted by Crippen LogP contribution is -2.39. The van der Waals surface area contributed by atoms with Crippen LogP contribution >= 0.6 is 0 Å². The fraction of sp³-hybridized carbons (Fsp3) is 1.00. The van der Waals surface area contributed by atoms with Gasteiger partial charge in [-0.3, -0.25) is 4.55 Å². The summed E-state index contributed by atoms with van der Waals surface area (Å²) < 4.78 is 74.7. The molecule has 0 rings (SSSR count). The van der Waals surface area contributed by atoms with Gasteiger partial charge in [-0.1, -0.05) is 0 Å². The average Bonchev–Trinajstić information content (AvgIpc) is 1.99. The van der Waals surface area contributed by atoms with Gasteiger partial charge in [-0.25, -0.2) is 4.39 Å². The van der Waals surface area contributed by atoms with Crippen LogP contribution in [0.1, 0.15) is 6.92 Å². The van der Waals surface area contributed by atoms with Crippen molar-refractivity contribution in [2.24, 2.45) is 0 Å². The molecule has 0 aromatic carbocycles. The predicted molar refractivity (Wildman–Crippen MR) is 43.8 cm³/mol. The summed E-state index contributed by atoms with van der Waals surface area (Å²) in [6.45, 7) is -1.65. The van der Waals surface area contributed by atoms with Crippen LogP contribution in [0.5, 0.6) is 0 Å². The zero-order chi connectivity index (χ0) is 12.3. The molecule has 0 aliphatic carbocycles. The summed E-state index contributed by atoms with van der Waals surface area (Å²) in [4.78, 5) is 0. The van der Waals surface area contributed by atoms with Crippen LogP contribution in [-0.2, 0) is 19.6 Å². The minimum absolute atomic E-state index is 0.644. The molecular formula is C6H11F3O5S. The van der Waals surface area contributed by atoms with E-state index in [0.29, 0.717) is 0 Å². The molecule has 0 aliphatic heterocycles. The van der Waals surface area contributed by atoms with Crippen LogP contribution in [0.15, 0.2) is 0 Å². The van der Waals surface area contributed by atoms with E-state index >= 15 is 0 Å². The van der Waals surface area contributed by atoms with E-state index in [2.05, 4.69) is 9.47 Å². The number of ether oxygens (including phenoxy) is 2. The zero-order valence-corrected chi connectivity index (χ0v) is 8.85. The molecular weight excluding hydrogens is 241 g/mol. The van der Waals surface area contributed by atoms with Crippen molar-refractivity contribution < 1.29 is 35.6 Å². The van der Waals surface area contributed by atoms with Gasteiger partial charge in [0.15, 0.2) is 0 Å². The largest absolute Gasteiger partial charge is 0.392 e. The summed E-state index contributed by atoms with van der Waals surface area (Å²) in [5.74, 6) is -2.55. The third-order valence-corrected chi connectivity index (χ3v) is 2.19. The molecule has 1 N–H and O–H groups in total. The Morgan fingerprint density at radius 1 is 1.27 bits per heavy atom. The molecule has 0 aliphatic rings. The second-order valence-electron chi connectivity index (χ2n) is 2.94. The number of hydrogen-bond acceptors (Lipinski definition) is 4. The van der Waals surface area contributed by atoms with Crippen molar-refractivity contribution in [1.82, 2.24) is 0 Å². The summed E-state index contributed by atoms with van der Waals surface area (Å²) in [6, 6.07) is 0. The quantitative estimate of drug-likeness (QED) is 0.708. The third kappa shape index (κ3) is 4.78. The average molecular weight is 252 g/mol. The van der Waals surface area contributed by atoms with Crippen LogP contribution in [-0.4, -0.2) is 44.4 Å². The van der Waals surface area contributed by atoms with Crippen molar-refractivity contribution in [3.05, 3.63) is 0 Å². The minimum atomic E-state index is -5.61. The van der Waals surface area contributed by atoms with E-state index in [1.807, 2.05) is 0 Å². The minimum Gasteiger partial charge on any atom is -0.379 e. The lowest BCUT2D eigenvalue weighted by atomic mass is 10.4. The first-order valence-electron chi connectivity index (χ1n) is 3.68. The molecule has 0 aromatic heterocycles. The first kappa shape index (κ1) is 14.6. The van der Waals surface area contributed by atoms with Crippen LogP contribution in [0.3, 0.4) is 0 Å². The van der Waals surface area contributed by atoms with Crippen LogP contribution < -0.4 is 0 Å². The normalized spacial score (nSPS) is 17.5. The van der Waals surface area contributed by atoms with Crippen LogP contribution in [0.2, 0.25) is 0 Å². The van der Waals surface area contributed by atoms with Gasteiger partial charge < -0.3 is 9.47 Å². The molecule has 0 aromatic rings. The molecule has 1 unspecified atom stereocenters. The standard InChI is InChI=1S/C6H11F3O5S/c1-5(7,3-13-2)14-4-6(8,9)15(10,11)12/h3-4H2,1-2H3,(H,10,11,12). The second-order valence-corrected chi connectivity index (χ2v) is 4.48. The lowest BCUT2D eigenvalue weighted by molar-refractivity contribution is -0.190. The van der Waals surface area contributed by atoms with Crippen molar-refractivity contribution in [3.63, 3.8) is 0 Å². The van der Waals surface area contributed by atoms with Crippen molar-refractivity contribution in [1.29, 1.82) is 0 Å². The summed E-state index contributed by atoms with van der Waals surface area (Å²) in [6.07, 6.45) is 0. The number of alkyl halides is 3. The van der Waals surface area contributed by atoms with Crippen LogP contribution in [0, 0.1) is 0 Å². The predicted octanol–water partition coefficient (Wildman–Crippen LogP) is 0.816. The Morgan fingerprint density at radius 3 is 2.07 bits per heavy atom. The van der Waals surface area contributed by atoms with Gasteiger partial charge in [-0.05, 0) is 6.92 Å². The maximum atomic E-state index is 13.1. The number of halogens is 3. The Labute approximate surface area is 84.9 Å². The van der Waals surface area contributed by atoms with E-state index < -0.39 is 34.4 Å². The highest BCUT2D eigenvalue weighted by molar-refractivity contribution is 7.86. The number of rotatable bonds is 6. The molecule has 0 bridgehead atoms. The van der Waals surface area contributed by atoms with E-state index in [1.165, 1.54) is 0 Å². The maximum Gasteiger partial charge on any atom is 0.392 e. The fourth-order valence-corrected chi connectivity index (χ4v) is 0.816. The first-order valence-corrected chi connectivity index (χ1v) is 5.12. The smallest absolute Gasteiger partial charge is 0.379 e. The molecule has 0 spiro atoms. The topological polar surface area (TPSA) is 72.8 Å². The molecule has 9 heteroatoms. The third-order valence-electron chi connectivity index (χ3n) is 1.32. The highest BCUT2D eigenvalue weighted by Gasteiger charge is 2.46. The second kappa shape index (κ2) is 4.64. The Morgan fingerprint density at radius 2 is 1.73 bits per heavy atom. The molecule has 0 saturated carbocycles. The molecule has 1 atom stereocenters. The van der Waals surface area contributed by atoms with E-state index in [9.17, 15) is 21.6 Å². The highest BCUT2D eigenvalue weighted by Crippen LogP contribution is 2.24. The molecule has 0 heterocycles. The van der Waals surface area contributed by atoms with Gasteiger partial charge in [0, 0.05) is 7.11 Å². The van der Waals surface area contributed by atoms with Gasteiger partial charge in [0.25, 0.3) is 0 Å². The molecule has 92 valence electrons. The lowest BCUT2D eigenvalue weighted by Gasteiger charge is -2.22. The Bertz CT molecular complexity index is 300. The molecule has 0 amide bonds. The zero-order valence-electron chi connectivity index (χ0n) is 8.04. The summed E-state index contributed by atoms with van der Waals surface area (Å²) in [5, 5.41) is -4.55. The van der Waals surface area contributed by atoms with Gasteiger partial charge >= 0.3 is 15.4 Å². The number of methoxy groups -OCH3 is 1. The van der Waals surface area contributed by atoms with Crippen molar-refractivity contribution in [2.45, 2.75) is 18.0 Å². The van der Waals surface area contributed by atoms with E-state index in [1.54, 1.807) is 0 Å². The van der Waals surface area contributed by atoms with Gasteiger partial charge in [0.05, 0.1) is 0 Å². The summed E-state index contributed by atoms with van der Waals surface area (Å²) in [5.41, 5.74) is 0. The van der Waals surface area contributed by atoms with Crippen LogP contribution in [0.4, 0.5) is 13.2 Å². The summed E-state index contributed by atoms with van der Waals surface area (Å²) >= 11 is 0. The Kier molecular flexibility index (Phi) is 4.52. The van der Waals surface area contributed by atoms with E-state index in [-0.39, 0.29) is 0 Å². The maximum absolute atomic E-state index is 13.1. The number of hydrogen-bond donors (Lipinski definition) is 1. The summed E-state index contributed by atoms with van der Waals surface area (Å²) in [7, 11) is -4.49. The first-order chi connectivity index (χ1) is 6.52. The van der Waals surface area contributed by atoms with Crippen molar-refractivity contribution in [3.8, 4) is 0 Å². The van der Waals surface area contributed by atoms with Crippen molar-refractivity contribution in [2.75, 3.05) is 20.3 Å². The van der Waals surface area contributed by atoms with E-state index in [4.69, 9.17) is 4.55 Å². The van der Waals surface area contributed by atoms with E-state index in [0.717, 1.165) is 14.0 Å². The van der Waals surface area contributed by atoms with Crippen molar-refractivity contribution >= 4 is 10.1 Å². The van der Waals surface area contributed by atoms with Gasteiger partial charge in [-0.2, -0.15) is 17.2 Å². The molecule has 15 heavy (non-hydrogen) atoms.